The average molecular weight is 401 g/mol. The fourth-order valence-corrected chi connectivity index (χ4v) is 3.13. The van der Waals surface area contributed by atoms with Gasteiger partial charge in [0.15, 0.2) is 0 Å². The van der Waals surface area contributed by atoms with Crippen LogP contribution < -0.4 is 5.59 Å². The number of fused-ring (bicyclic) bond motifs is 1. The zero-order valence-electron chi connectivity index (χ0n) is 18.3. The highest BCUT2D eigenvalue weighted by atomic mass is 16.7. The second-order valence-corrected chi connectivity index (χ2v) is 9.24. The molecule has 1 saturated heterocycles. The Morgan fingerprint density at radius 2 is 1.62 bits per heavy atom. The molecule has 1 aromatic carbocycles. The molecule has 3 rings (SSSR count). The van der Waals surface area contributed by atoms with E-state index in [1.807, 2.05) is 27.7 Å². The van der Waals surface area contributed by atoms with E-state index < -0.39 is 36.0 Å². The van der Waals surface area contributed by atoms with Crippen molar-refractivity contribution in [3.8, 4) is 0 Å². The third kappa shape index (κ3) is 3.91. The van der Waals surface area contributed by atoms with Crippen LogP contribution in [0.2, 0.25) is 0 Å². The van der Waals surface area contributed by atoms with E-state index in [4.69, 9.17) is 18.8 Å². The third-order valence-corrected chi connectivity index (χ3v) is 5.32. The number of hydrogen-bond donors (Lipinski definition) is 0. The van der Waals surface area contributed by atoms with Gasteiger partial charge in [-0.3, -0.25) is 4.57 Å². The van der Waals surface area contributed by atoms with Gasteiger partial charge in [0.1, 0.15) is 5.60 Å². The minimum absolute atomic E-state index is 0.391. The lowest BCUT2D eigenvalue weighted by atomic mass is 9.84. The summed E-state index contributed by atoms with van der Waals surface area (Å²) in [5.41, 5.74) is -0.311. The standard InChI is InChI=1S/C21H28BNO6/c1-19(2,3)27-18(25)23-15-10-9-13(17(24)26-8)11-14(15)12-16(23)22-28-20(4,5)21(6,7)29-22/h9-12H,1-8H3. The van der Waals surface area contributed by atoms with Crippen LogP contribution in [0.3, 0.4) is 0 Å². The van der Waals surface area contributed by atoms with E-state index in [1.54, 1.807) is 45.0 Å². The number of ether oxygens (including phenoxy) is 2. The van der Waals surface area contributed by atoms with E-state index in [0.29, 0.717) is 22.1 Å². The van der Waals surface area contributed by atoms with Crippen molar-refractivity contribution in [2.45, 2.75) is 65.3 Å². The van der Waals surface area contributed by atoms with Gasteiger partial charge in [-0.25, -0.2) is 9.59 Å². The first-order valence-electron chi connectivity index (χ1n) is 9.58. The molecule has 0 aliphatic carbocycles. The first-order chi connectivity index (χ1) is 13.3. The Labute approximate surface area is 171 Å². The smallest absolute Gasteiger partial charge is 0.465 e. The maximum atomic E-state index is 13.0. The molecular formula is C21H28BNO6. The minimum atomic E-state index is -0.763. The molecule has 7 nitrogen and oxygen atoms in total. The largest absolute Gasteiger partial charge is 0.513 e. The highest BCUT2D eigenvalue weighted by Crippen LogP contribution is 2.37. The summed E-state index contributed by atoms with van der Waals surface area (Å²) in [6, 6.07) is 6.77. The number of aromatic nitrogens is 1. The maximum Gasteiger partial charge on any atom is 0.513 e. The summed E-state index contributed by atoms with van der Waals surface area (Å²) in [6.07, 6.45) is -0.539. The molecule has 1 fully saturated rings. The van der Waals surface area contributed by atoms with Crippen molar-refractivity contribution in [1.29, 1.82) is 0 Å². The van der Waals surface area contributed by atoms with E-state index in [2.05, 4.69) is 0 Å². The van der Waals surface area contributed by atoms with Gasteiger partial charge in [-0.1, -0.05) is 0 Å². The van der Waals surface area contributed by atoms with Gasteiger partial charge in [0, 0.05) is 5.39 Å². The fraction of sp³-hybridized carbons (Fsp3) is 0.524. The summed E-state index contributed by atoms with van der Waals surface area (Å²) in [6.45, 7) is 13.2. The molecule has 0 spiro atoms. The lowest BCUT2D eigenvalue weighted by Crippen LogP contribution is -2.43. The maximum absolute atomic E-state index is 13.0. The van der Waals surface area contributed by atoms with Gasteiger partial charge < -0.3 is 18.8 Å². The predicted octanol–water partition coefficient (Wildman–Crippen LogP) is 3.51. The topological polar surface area (TPSA) is 76.0 Å². The average Bonchev–Trinajstić information content (AvgIpc) is 3.06. The molecule has 1 aromatic heterocycles. The van der Waals surface area contributed by atoms with E-state index in [1.165, 1.54) is 11.7 Å². The zero-order valence-corrected chi connectivity index (χ0v) is 18.3. The highest BCUT2D eigenvalue weighted by Gasteiger charge is 2.53. The third-order valence-electron chi connectivity index (χ3n) is 5.32. The Hall–Kier alpha value is -2.32. The number of benzene rings is 1. The number of hydrogen-bond acceptors (Lipinski definition) is 6. The molecule has 1 aliphatic rings. The number of esters is 1. The van der Waals surface area contributed by atoms with E-state index >= 15 is 0 Å². The summed E-state index contributed by atoms with van der Waals surface area (Å²) in [5, 5.41) is 0.684. The molecule has 8 heteroatoms. The van der Waals surface area contributed by atoms with Gasteiger partial charge in [0.2, 0.25) is 0 Å². The molecular weight excluding hydrogens is 373 g/mol. The number of carbonyl (C=O) groups excluding carboxylic acids is 2. The molecule has 2 heterocycles. The molecule has 1 aliphatic heterocycles. The van der Waals surface area contributed by atoms with E-state index in [0.717, 1.165) is 0 Å². The fourth-order valence-electron chi connectivity index (χ4n) is 3.13. The van der Waals surface area contributed by atoms with Crippen LogP contribution in [0.25, 0.3) is 10.9 Å². The summed E-state index contributed by atoms with van der Waals surface area (Å²) in [4.78, 5) is 25.0. The van der Waals surface area contributed by atoms with Crippen molar-refractivity contribution in [2.75, 3.05) is 7.11 Å². The molecule has 29 heavy (non-hydrogen) atoms. The number of nitrogens with zero attached hydrogens (tertiary/aromatic N) is 1. The summed E-state index contributed by atoms with van der Waals surface area (Å²) >= 11 is 0. The molecule has 0 saturated carbocycles. The molecule has 156 valence electrons. The van der Waals surface area contributed by atoms with Crippen LogP contribution in [-0.4, -0.2) is 47.7 Å². The van der Waals surface area contributed by atoms with Gasteiger partial charge in [-0.15, -0.1) is 0 Å². The number of methoxy groups -OCH3 is 1. The second kappa shape index (κ2) is 6.88. The van der Waals surface area contributed by atoms with E-state index in [-0.39, 0.29) is 0 Å². The van der Waals surface area contributed by atoms with Crippen molar-refractivity contribution in [3.63, 3.8) is 0 Å². The van der Waals surface area contributed by atoms with Crippen LogP contribution in [0, 0.1) is 0 Å². The lowest BCUT2D eigenvalue weighted by molar-refractivity contribution is 0.00578. The number of rotatable bonds is 2. The second-order valence-electron chi connectivity index (χ2n) is 9.24. The molecule has 0 N–H and O–H groups in total. The first-order valence-corrected chi connectivity index (χ1v) is 9.58. The quantitative estimate of drug-likeness (QED) is 0.566. The van der Waals surface area contributed by atoms with Crippen LogP contribution in [0.15, 0.2) is 24.3 Å². The van der Waals surface area contributed by atoms with Gasteiger partial charge in [0.05, 0.1) is 35.0 Å². The lowest BCUT2D eigenvalue weighted by Gasteiger charge is -2.32. The van der Waals surface area contributed by atoms with Gasteiger partial charge in [-0.05, 0) is 72.7 Å². The predicted molar refractivity (Wildman–Crippen MR) is 111 cm³/mol. The van der Waals surface area contributed by atoms with E-state index in [9.17, 15) is 9.59 Å². The van der Waals surface area contributed by atoms with Crippen molar-refractivity contribution >= 4 is 35.7 Å². The van der Waals surface area contributed by atoms with Crippen LogP contribution in [-0.2, 0) is 18.8 Å². The van der Waals surface area contributed by atoms with Gasteiger partial charge in [0.25, 0.3) is 0 Å². The molecule has 0 radical (unpaired) electrons. The van der Waals surface area contributed by atoms with Crippen LogP contribution in [0.1, 0.15) is 58.8 Å². The van der Waals surface area contributed by atoms with Crippen molar-refractivity contribution < 1.29 is 28.4 Å². The molecule has 2 aromatic rings. The Bertz CT molecular complexity index is 953. The molecule has 0 atom stereocenters. The summed E-state index contributed by atoms with van der Waals surface area (Å²) < 4.78 is 24.2. The first kappa shape index (κ1) is 21.4. The molecule has 0 bridgehead atoms. The summed E-state index contributed by atoms with van der Waals surface area (Å²) in [5.74, 6) is -0.450. The van der Waals surface area contributed by atoms with Crippen LogP contribution >= 0.6 is 0 Å². The monoisotopic (exact) mass is 401 g/mol. The summed E-state index contributed by atoms with van der Waals surface area (Å²) in [7, 11) is 0.565. The van der Waals surface area contributed by atoms with Crippen LogP contribution in [0.5, 0.6) is 0 Å². The number of carbonyl (C=O) groups is 2. The Morgan fingerprint density at radius 1 is 1.03 bits per heavy atom. The zero-order chi connectivity index (χ0) is 21.8. The minimum Gasteiger partial charge on any atom is -0.465 e. The van der Waals surface area contributed by atoms with Gasteiger partial charge >= 0.3 is 19.2 Å². The highest BCUT2D eigenvalue weighted by molar-refractivity contribution is 6.62. The Kier molecular flexibility index (Phi) is 5.08. The normalized spacial score (nSPS) is 18.1. The van der Waals surface area contributed by atoms with Crippen LogP contribution in [0.4, 0.5) is 4.79 Å². The Balaban J connectivity index is 2.15. The van der Waals surface area contributed by atoms with Crippen molar-refractivity contribution in [1.82, 2.24) is 4.57 Å². The van der Waals surface area contributed by atoms with Crippen molar-refractivity contribution in [2.24, 2.45) is 0 Å². The Morgan fingerprint density at radius 3 is 2.14 bits per heavy atom. The SMILES string of the molecule is COC(=O)c1ccc2c(c1)cc(B1OC(C)(C)C(C)(C)O1)n2C(=O)OC(C)(C)C. The molecule has 0 amide bonds. The van der Waals surface area contributed by atoms with Gasteiger partial charge in [-0.2, -0.15) is 0 Å². The van der Waals surface area contributed by atoms with Crippen molar-refractivity contribution in [3.05, 3.63) is 29.8 Å². The molecule has 0 unspecified atom stereocenters.